The lowest BCUT2D eigenvalue weighted by Crippen LogP contribution is -2.49. The molecule has 198 valence electrons. The number of anilines is 1. The molecular weight excluding hydrogens is 505 g/mol. The molecule has 36 heavy (non-hydrogen) atoms. The molecule has 1 N–H and O–H groups in total. The molecule has 0 aliphatic carbocycles. The van der Waals surface area contributed by atoms with Gasteiger partial charge in [0, 0.05) is 31.1 Å². The maximum atomic E-state index is 13.4. The summed E-state index contributed by atoms with van der Waals surface area (Å²) in [6.07, 6.45) is 3.57. The SMILES string of the molecule is CCCCNC(=O)C(CC)N(Cc1ccc(F)cc1)C(=O)CCCN(c1ccc(Cl)cc1)S(C)(=O)=O. The van der Waals surface area contributed by atoms with Gasteiger partial charge in [0.15, 0.2) is 0 Å². The Kier molecular flexibility index (Phi) is 11.7. The lowest BCUT2D eigenvalue weighted by Gasteiger charge is -2.31. The summed E-state index contributed by atoms with van der Waals surface area (Å²) >= 11 is 5.92. The Labute approximate surface area is 218 Å². The predicted octanol–water partition coefficient (Wildman–Crippen LogP) is 4.75. The van der Waals surface area contributed by atoms with Crippen molar-refractivity contribution in [2.75, 3.05) is 23.7 Å². The molecule has 2 rings (SSSR count). The highest BCUT2D eigenvalue weighted by Gasteiger charge is 2.28. The Hall–Kier alpha value is -2.65. The van der Waals surface area contributed by atoms with E-state index < -0.39 is 16.1 Å². The fraction of sp³-hybridized carbons (Fsp3) is 0.462. The largest absolute Gasteiger partial charge is 0.354 e. The van der Waals surface area contributed by atoms with Gasteiger partial charge >= 0.3 is 0 Å². The van der Waals surface area contributed by atoms with E-state index in [9.17, 15) is 22.4 Å². The van der Waals surface area contributed by atoms with Gasteiger partial charge in [-0.15, -0.1) is 0 Å². The Morgan fingerprint density at radius 1 is 1.03 bits per heavy atom. The maximum Gasteiger partial charge on any atom is 0.242 e. The van der Waals surface area contributed by atoms with E-state index in [1.807, 2.05) is 13.8 Å². The zero-order valence-corrected chi connectivity index (χ0v) is 22.6. The van der Waals surface area contributed by atoms with E-state index >= 15 is 0 Å². The van der Waals surface area contributed by atoms with Crippen molar-refractivity contribution in [3.63, 3.8) is 0 Å². The van der Waals surface area contributed by atoms with E-state index in [1.165, 1.54) is 21.3 Å². The smallest absolute Gasteiger partial charge is 0.242 e. The van der Waals surface area contributed by atoms with Crippen molar-refractivity contribution >= 4 is 39.1 Å². The molecule has 2 aromatic carbocycles. The first-order valence-corrected chi connectivity index (χ1v) is 14.3. The highest BCUT2D eigenvalue weighted by molar-refractivity contribution is 7.92. The van der Waals surface area contributed by atoms with Gasteiger partial charge in [-0.25, -0.2) is 12.8 Å². The van der Waals surface area contributed by atoms with Gasteiger partial charge in [-0.05, 0) is 61.2 Å². The van der Waals surface area contributed by atoms with Gasteiger partial charge in [0.05, 0.1) is 11.9 Å². The van der Waals surface area contributed by atoms with E-state index in [2.05, 4.69) is 5.32 Å². The second kappa shape index (κ2) is 14.2. The topological polar surface area (TPSA) is 86.8 Å². The van der Waals surface area contributed by atoms with E-state index in [-0.39, 0.29) is 43.6 Å². The Balaban J connectivity index is 2.18. The van der Waals surface area contributed by atoms with E-state index in [0.717, 1.165) is 19.1 Å². The molecule has 0 saturated carbocycles. The number of nitrogens with zero attached hydrogens (tertiary/aromatic N) is 2. The van der Waals surface area contributed by atoms with Crippen molar-refractivity contribution in [3.05, 3.63) is 64.9 Å². The van der Waals surface area contributed by atoms with Crippen molar-refractivity contribution in [1.82, 2.24) is 10.2 Å². The summed E-state index contributed by atoms with van der Waals surface area (Å²) in [5.41, 5.74) is 1.16. The van der Waals surface area contributed by atoms with Gasteiger partial charge in [0.25, 0.3) is 0 Å². The van der Waals surface area contributed by atoms with Crippen LogP contribution < -0.4 is 9.62 Å². The zero-order valence-electron chi connectivity index (χ0n) is 21.0. The molecule has 1 unspecified atom stereocenters. The number of halogens is 2. The molecule has 2 aromatic rings. The van der Waals surface area contributed by atoms with Crippen LogP contribution in [0.3, 0.4) is 0 Å². The molecule has 0 heterocycles. The van der Waals surface area contributed by atoms with Crippen LogP contribution in [0.25, 0.3) is 0 Å². The third-order valence-corrected chi connectivity index (χ3v) is 7.19. The number of benzene rings is 2. The average Bonchev–Trinajstić information content (AvgIpc) is 2.83. The number of carbonyl (C=O) groups is 2. The predicted molar refractivity (Wildman–Crippen MR) is 142 cm³/mol. The lowest BCUT2D eigenvalue weighted by molar-refractivity contribution is -0.141. The Morgan fingerprint density at radius 2 is 1.67 bits per heavy atom. The van der Waals surface area contributed by atoms with Crippen LogP contribution in [0, 0.1) is 5.82 Å². The zero-order chi connectivity index (χ0) is 26.7. The number of hydrogen-bond acceptors (Lipinski definition) is 4. The highest BCUT2D eigenvalue weighted by Crippen LogP contribution is 2.22. The summed E-state index contributed by atoms with van der Waals surface area (Å²) < 4.78 is 39.4. The van der Waals surface area contributed by atoms with Crippen molar-refractivity contribution in [3.8, 4) is 0 Å². The van der Waals surface area contributed by atoms with Crippen molar-refractivity contribution < 1.29 is 22.4 Å². The maximum absolute atomic E-state index is 13.4. The molecule has 1 atom stereocenters. The van der Waals surface area contributed by atoms with E-state index in [4.69, 9.17) is 11.6 Å². The number of unbranched alkanes of at least 4 members (excludes halogenated alkanes) is 1. The molecule has 0 aromatic heterocycles. The number of carbonyl (C=O) groups excluding carboxylic acids is 2. The molecule has 0 bridgehead atoms. The van der Waals surface area contributed by atoms with Crippen LogP contribution in [0.5, 0.6) is 0 Å². The van der Waals surface area contributed by atoms with Crippen LogP contribution in [0.15, 0.2) is 48.5 Å². The summed E-state index contributed by atoms with van der Waals surface area (Å²) in [4.78, 5) is 27.8. The van der Waals surface area contributed by atoms with Crippen molar-refractivity contribution in [2.24, 2.45) is 0 Å². The number of sulfonamides is 1. The second-order valence-corrected chi connectivity index (χ2v) is 11.0. The van der Waals surface area contributed by atoms with Crippen LogP contribution in [0.4, 0.5) is 10.1 Å². The molecule has 2 amide bonds. The monoisotopic (exact) mass is 539 g/mol. The lowest BCUT2D eigenvalue weighted by atomic mass is 10.1. The summed E-state index contributed by atoms with van der Waals surface area (Å²) in [6.45, 7) is 4.62. The Bertz CT molecular complexity index is 1100. The fourth-order valence-electron chi connectivity index (χ4n) is 3.82. The van der Waals surface area contributed by atoms with Gasteiger partial charge in [0.2, 0.25) is 21.8 Å². The standard InChI is InChI=1S/C26H35ClFN3O4S/c1-4-6-17-29-26(33)24(5-2)30(19-20-9-13-22(28)14-10-20)25(32)8-7-18-31(36(3,34)35)23-15-11-21(27)12-16-23/h9-16,24H,4-8,17-19H2,1-3H3,(H,29,33). The van der Waals surface area contributed by atoms with Gasteiger partial charge in [-0.1, -0.05) is 44.0 Å². The number of rotatable bonds is 14. The summed E-state index contributed by atoms with van der Waals surface area (Å²) in [6, 6.07) is 11.5. The molecular formula is C26H35ClFN3O4S. The summed E-state index contributed by atoms with van der Waals surface area (Å²) in [5, 5.41) is 3.38. The molecule has 10 heteroatoms. The minimum Gasteiger partial charge on any atom is -0.354 e. The quantitative estimate of drug-likeness (QED) is 0.351. The molecule has 0 saturated heterocycles. The van der Waals surface area contributed by atoms with Crippen molar-refractivity contribution in [2.45, 2.75) is 58.5 Å². The first kappa shape index (κ1) is 29.6. The number of hydrogen-bond donors (Lipinski definition) is 1. The van der Waals surface area contributed by atoms with Gasteiger partial charge in [0.1, 0.15) is 11.9 Å². The third kappa shape index (κ3) is 9.09. The van der Waals surface area contributed by atoms with Crippen molar-refractivity contribution in [1.29, 1.82) is 0 Å². The molecule has 0 aliphatic rings. The van der Waals surface area contributed by atoms with Gasteiger partial charge < -0.3 is 10.2 Å². The van der Waals surface area contributed by atoms with E-state index in [1.54, 1.807) is 36.4 Å². The van der Waals surface area contributed by atoms with Gasteiger partial charge in [-0.2, -0.15) is 0 Å². The minimum atomic E-state index is -3.58. The minimum absolute atomic E-state index is 0.0412. The normalized spacial score (nSPS) is 12.1. The molecule has 0 radical (unpaired) electrons. The van der Waals surface area contributed by atoms with E-state index in [0.29, 0.717) is 29.2 Å². The first-order chi connectivity index (χ1) is 17.1. The highest BCUT2D eigenvalue weighted by atomic mass is 35.5. The fourth-order valence-corrected chi connectivity index (χ4v) is 4.91. The van der Waals surface area contributed by atoms with Crippen LogP contribution in [0.1, 0.15) is 51.5 Å². The van der Waals surface area contributed by atoms with Crippen LogP contribution in [-0.4, -0.2) is 50.5 Å². The first-order valence-electron chi connectivity index (χ1n) is 12.1. The number of amides is 2. The molecule has 0 fully saturated rings. The molecule has 0 aliphatic heterocycles. The average molecular weight is 540 g/mol. The Morgan fingerprint density at radius 3 is 2.22 bits per heavy atom. The molecule has 7 nitrogen and oxygen atoms in total. The van der Waals surface area contributed by atoms with Gasteiger partial charge in [-0.3, -0.25) is 13.9 Å². The molecule has 0 spiro atoms. The second-order valence-electron chi connectivity index (χ2n) is 8.63. The van der Waals surface area contributed by atoms with Crippen LogP contribution in [-0.2, 0) is 26.2 Å². The summed E-state index contributed by atoms with van der Waals surface area (Å²) in [7, 11) is -3.58. The van der Waals surface area contributed by atoms with Crippen LogP contribution in [0.2, 0.25) is 5.02 Å². The summed E-state index contributed by atoms with van der Waals surface area (Å²) in [5.74, 6) is -0.897. The third-order valence-electron chi connectivity index (χ3n) is 5.75. The number of nitrogens with one attached hydrogen (secondary N) is 1. The van der Waals surface area contributed by atoms with Crippen LogP contribution >= 0.6 is 11.6 Å².